The molecule has 1 unspecified atom stereocenters. The van der Waals surface area contributed by atoms with E-state index in [2.05, 4.69) is 0 Å². The molecule has 3 fully saturated rings. The molecular weight excluding hydrogens is 376 g/mol. The van der Waals surface area contributed by atoms with Crippen molar-refractivity contribution in [3.63, 3.8) is 0 Å². The minimum atomic E-state index is -1.07. The highest BCUT2D eigenvalue weighted by Gasteiger charge is 2.63. The Bertz CT molecular complexity index is 824. The van der Waals surface area contributed by atoms with E-state index < -0.39 is 29.1 Å². The zero-order valence-electron chi connectivity index (χ0n) is 16.7. The Morgan fingerprint density at radius 1 is 1.10 bits per heavy atom. The third kappa shape index (κ3) is 2.90. The van der Waals surface area contributed by atoms with Crippen molar-refractivity contribution in [2.45, 2.75) is 43.8 Å². The molecule has 1 saturated heterocycles. The van der Waals surface area contributed by atoms with Gasteiger partial charge < -0.3 is 19.3 Å². The Morgan fingerprint density at radius 2 is 1.76 bits per heavy atom. The van der Waals surface area contributed by atoms with Crippen molar-refractivity contribution in [2.24, 2.45) is 17.8 Å². The van der Waals surface area contributed by atoms with Gasteiger partial charge in [-0.15, -0.1) is 0 Å². The molecule has 1 spiro atoms. The Labute approximate surface area is 169 Å². The van der Waals surface area contributed by atoms with E-state index in [4.69, 9.17) is 14.2 Å². The summed E-state index contributed by atoms with van der Waals surface area (Å²) in [5, 5.41) is 9.65. The third-order valence-corrected chi connectivity index (χ3v) is 7.22. The van der Waals surface area contributed by atoms with Crippen LogP contribution in [0.1, 0.15) is 48.5 Å². The molecule has 0 amide bonds. The van der Waals surface area contributed by atoms with Crippen molar-refractivity contribution < 1.29 is 33.7 Å². The Morgan fingerprint density at radius 3 is 2.34 bits per heavy atom. The van der Waals surface area contributed by atoms with Crippen molar-refractivity contribution in [3.05, 3.63) is 35.4 Å². The average molecular weight is 402 g/mol. The predicted octanol–water partition coefficient (Wildman–Crippen LogP) is 2.56. The molecule has 0 bridgehead atoms. The van der Waals surface area contributed by atoms with Gasteiger partial charge in [-0.2, -0.15) is 0 Å². The summed E-state index contributed by atoms with van der Waals surface area (Å²) in [5.74, 6) is -3.63. The van der Waals surface area contributed by atoms with Gasteiger partial charge in [-0.05, 0) is 42.9 Å². The van der Waals surface area contributed by atoms with E-state index >= 15 is 0 Å². The lowest BCUT2D eigenvalue weighted by Gasteiger charge is -2.55. The summed E-state index contributed by atoms with van der Waals surface area (Å²) < 4.78 is 16.7. The monoisotopic (exact) mass is 402 g/mol. The van der Waals surface area contributed by atoms with Gasteiger partial charge in [0.1, 0.15) is 5.92 Å². The fourth-order valence-electron chi connectivity index (χ4n) is 5.74. The highest BCUT2D eigenvalue weighted by atomic mass is 16.7. The smallest absolute Gasteiger partial charge is 0.337 e. The zero-order chi connectivity index (χ0) is 20.8. The van der Waals surface area contributed by atoms with Gasteiger partial charge in [-0.25, -0.2) is 4.79 Å². The van der Waals surface area contributed by atoms with Crippen molar-refractivity contribution >= 4 is 17.7 Å². The molecule has 1 aliphatic heterocycles. The normalized spacial score (nSPS) is 33.3. The fourth-order valence-corrected chi connectivity index (χ4v) is 5.74. The van der Waals surface area contributed by atoms with Gasteiger partial charge in [-0.1, -0.05) is 19.1 Å². The zero-order valence-corrected chi connectivity index (χ0v) is 16.7. The van der Waals surface area contributed by atoms with E-state index in [1.165, 1.54) is 7.11 Å². The van der Waals surface area contributed by atoms with Gasteiger partial charge in [0.15, 0.2) is 11.6 Å². The lowest BCUT2D eigenvalue weighted by atomic mass is 9.50. The number of Topliss-reactive ketones (excluding diaryl/α,β-unsaturated/α-hetero) is 1. The Hall–Kier alpha value is -2.25. The maximum Gasteiger partial charge on any atom is 0.337 e. The summed E-state index contributed by atoms with van der Waals surface area (Å²) in [5.41, 5.74) is 0.228. The molecule has 4 rings (SSSR count). The molecule has 3 aliphatic rings. The number of rotatable bonds is 3. The van der Waals surface area contributed by atoms with E-state index in [-0.39, 0.29) is 17.6 Å². The van der Waals surface area contributed by atoms with E-state index in [9.17, 15) is 19.5 Å². The largest absolute Gasteiger partial charge is 0.481 e. The summed E-state index contributed by atoms with van der Waals surface area (Å²) in [6, 6.07) is 6.81. The molecule has 7 heteroatoms. The molecular formula is C22H26O7. The number of esters is 1. The van der Waals surface area contributed by atoms with Crippen molar-refractivity contribution in [1.29, 1.82) is 0 Å². The number of carbonyl (C=O) groups is 3. The van der Waals surface area contributed by atoms with Gasteiger partial charge >= 0.3 is 11.9 Å². The maximum absolute atomic E-state index is 13.6. The third-order valence-electron chi connectivity index (χ3n) is 7.22. The van der Waals surface area contributed by atoms with Crippen LogP contribution in [0, 0.1) is 17.8 Å². The van der Waals surface area contributed by atoms with Crippen LogP contribution >= 0.6 is 0 Å². The predicted molar refractivity (Wildman–Crippen MR) is 101 cm³/mol. The molecule has 156 valence electrons. The number of ketones is 1. The number of carboxylic acid groups (broad SMARTS) is 1. The van der Waals surface area contributed by atoms with Crippen LogP contribution in [0.5, 0.6) is 0 Å². The van der Waals surface area contributed by atoms with Gasteiger partial charge in [0.25, 0.3) is 0 Å². The number of benzene rings is 1. The molecule has 2 saturated carbocycles. The molecule has 1 aromatic rings. The van der Waals surface area contributed by atoms with Crippen LogP contribution in [-0.2, 0) is 29.2 Å². The van der Waals surface area contributed by atoms with Gasteiger partial charge in [0.2, 0.25) is 0 Å². The number of aliphatic carboxylic acids is 1. The van der Waals surface area contributed by atoms with Crippen LogP contribution in [0.4, 0.5) is 0 Å². The summed E-state index contributed by atoms with van der Waals surface area (Å²) in [4.78, 5) is 37.2. The quantitative estimate of drug-likeness (QED) is 0.613. The van der Waals surface area contributed by atoms with E-state index in [0.29, 0.717) is 44.5 Å². The minimum absolute atomic E-state index is 0.0577. The van der Waals surface area contributed by atoms with Crippen LogP contribution in [0.15, 0.2) is 24.3 Å². The summed E-state index contributed by atoms with van der Waals surface area (Å²) in [6.45, 7) is 3.11. The first-order valence-electron chi connectivity index (χ1n) is 10.1. The first-order chi connectivity index (χ1) is 13.9. The second-order valence-electron chi connectivity index (χ2n) is 8.28. The number of fused-ring (bicyclic) bond motifs is 1. The van der Waals surface area contributed by atoms with Gasteiger partial charge in [0.05, 0.1) is 31.3 Å². The second kappa shape index (κ2) is 7.22. The van der Waals surface area contributed by atoms with Crippen LogP contribution in [-0.4, -0.2) is 48.9 Å². The van der Waals surface area contributed by atoms with Gasteiger partial charge in [0, 0.05) is 12.3 Å². The van der Waals surface area contributed by atoms with Crippen LogP contribution in [0.25, 0.3) is 0 Å². The van der Waals surface area contributed by atoms with Crippen molar-refractivity contribution in [3.8, 4) is 0 Å². The summed E-state index contributed by atoms with van der Waals surface area (Å²) >= 11 is 0. The van der Waals surface area contributed by atoms with E-state index in [0.717, 1.165) is 5.56 Å². The highest BCUT2D eigenvalue weighted by Crippen LogP contribution is 2.58. The number of hydrogen-bond acceptors (Lipinski definition) is 6. The van der Waals surface area contributed by atoms with Crippen molar-refractivity contribution in [1.82, 2.24) is 0 Å². The molecule has 1 heterocycles. The first kappa shape index (κ1) is 20.0. The summed E-state index contributed by atoms with van der Waals surface area (Å²) in [7, 11) is 1.32. The number of carboxylic acids is 1. The molecule has 2 aliphatic carbocycles. The van der Waals surface area contributed by atoms with Crippen LogP contribution in [0.2, 0.25) is 0 Å². The number of carbonyl (C=O) groups excluding carboxylic acids is 2. The first-order valence-corrected chi connectivity index (χ1v) is 10.1. The number of methoxy groups -OCH3 is 1. The van der Waals surface area contributed by atoms with Crippen LogP contribution < -0.4 is 0 Å². The molecule has 0 aromatic heterocycles. The van der Waals surface area contributed by atoms with E-state index in [1.807, 2.05) is 6.92 Å². The highest BCUT2D eigenvalue weighted by molar-refractivity contribution is 6.05. The fraction of sp³-hybridized carbons (Fsp3) is 0.591. The maximum atomic E-state index is 13.6. The lowest BCUT2D eigenvalue weighted by molar-refractivity contribution is -0.236. The SMILES string of the molecule is COC(=O)c1ccc([C@]23CCC4(OCCO4)[C@@H](C)[C@@H]2CCC(C(=O)O)C3=O)cc1. The molecule has 0 radical (unpaired) electrons. The number of ether oxygens (including phenoxy) is 3. The van der Waals surface area contributed by atoms with Crippen molar-refractivity contribution in [2.75, 3.05) is 20.3 Å². The lowest BCUT2D eigenvalue weighted by Crippen LogP contribution is -2.61. The number of hydrogen-bond donors (Lipinski definition) is 1. The van der Waals surface area contributed by atoms with Gasteiger partial charge in [-0.3, -0.25) is 9.59 Å². The average Bonchev–Trinajstić information content (AvgIpc) is 3.20. The molecule has 1 N–H and O–H groups in total. The minimum Gasteiger partial charge on any atom is -0.481 e. The topological polar surface area (TPSA) is 99.1 Å². The molecule has 4 atom stereocenters. The second-order valence-corrected chi connectivity index (χ2v) is 8.28. The Kier molecular flexibility index (Phi) is 4.99. The molecule has 7 nitrogen and oxygen atoms in total. The molecule has 29 heavy (non-hydrogen) atoms. The Balaban J connectivity index is 1.78. The summed E-state index contributed by atoms with van der Waals surface area (Å²) in [6.07, 6.45) is 1.92. The molecule has 1 aromatic carbocycles. The standard InChI is InChI=1S/C22H26O7/c1-13-17-8-7-16(19(24)25)18(23)21(17,9-10-22(13)28-11-12-29-22)15-5-3-14(4-6-15)20(26)27-2/h3-6,13,16-17H,7-12H2,1-2H3,(H,24,25)/t13-,16?,17-,21+/m0/s1. The van der Waals surface area contributed by atoms with E-state index in [1.54, 1.807) is 24.3 Å². The van der Waals surface area contributed by atoms with Crippen LogP contribution in [0.3, 0.4) is 0 Å².